The zero-order chi connectivity index (χ0) is 7.56. The monoisotopic (exact) mass is 144 g/mol. The highest BCUT2D eigenvalue weighted by Gasteiger charge is 2.21. The lowest BCUT2D eigenvalue weighted by atomic mass is 10.2. The number of ether oxygens (including phenoxy) is 1. The summed E-state index contributed by atoms with van der Waals surface area (Å²) >= 11 is 0. The van der Waals surface area contributed by atoms with Gasteiger partial charge in [0.05, 0.1) is 0 Å². The first kappa shape index (κ1) is 7.72. The molecule has 1 N–H and O–H groups in total. The minimum atomic E-state index is -0.558. The molecular weight excluding hydrogens is 132 g/mol. The molecule has 1 aliphatic carbocycles. The van der Waals surface area contributed by atoms with Gasteiger partial charge in [-0.15, -0.1) is 0 Å². The van der Waals surface area contributed by atoms with E-state index in [2.05, 4.69) is 4.89 Å². The first-order chi connectivity index (χ1) is 4.79. The van der Waals surface area contributed by atoms with E-state index in [0.717, 1.165) is 18.4 Å². The molecule has 0 amide bonds. The Morgan fingerprint density at radius 1 is 1.60 bits per heavy atom. The third-order valence-electron chi connectivity index (χ3n) is 1.72. The summed E-state index contributed by atoms with van der Waals surface area (Å²) in [5, 5.41) is 8.31. The van der Waals surface area contributed by atoms with Crippen LogP contribution in [0.2, 0.25) is 0 Å². The van der Waals surface area contributed by atoms with Gasteiger partial charge >= 0.3 is 0 Å². The van der Waals surface area contributed by atoms with Crippen molar-refractivity contribution >= 4 is 0 Å². The maximum absolute atomic E-state index is 8.31. The van der Waals surface area contributed by atoms with Gasteiger partial charge in [0, 0.05) is 7.11 Å². The molecular formula is C7H12O3. The van der Waals surface area contributed by atoms with Crippen LogP contribution < -0.4 is 0 Å². The Balaban J connectivity index is 2.52. The molecule has 3 nitrogen and oxygen atoms in total. The van der Waals surface area contributed by atoms with Crippen LogP contribution in [0.5, 0.6) is 0 Å². The maximum atomic E-state index is 8.31. The van der Waals surface area contributed by atoms with Gasteiger partial charge in [-0.3, -0.25) is 0 Å². The molecule has 1 rings (SSSR count). The summed E-state index contributed by atoms with van der Waals surface area (Å²) in [5.41, 5.74) is 2.34. The van der Waals surface area contributed by atoms with E-state index in [9.17, 15) is 0 Å². The van der Waals surface area contributed by atoms with Gasteiger partial charge in [0.2, 0.25) is 6.29 Å². The molecule has 0 radical (unpaired) electrons. The highest BCUT2D eigenvalue weighted by Crippen LogP contribution is 2.33. The standard InChI is InChI=1S/C7H12O3/c1-5(6-3-4-6)7(9-2)10-8/h7-8H,3-4H2,1-2H3. The second-order valence-electron chi connectivity index (χ2n) is 2.46. The fraction of sp³-hybridized carbons (Fsp3) is 0.714. The Bertz CT molecular complexity index is 141. The lowest BCUT2D eigenvalue weighted by Gasteiger charge is -2.10. The van der Waals surface area contributed by atoms with E-state index in [4.69, 9.17) is 9.99 Å². The quantitative estimate of drug-likeness (QED) is 0.283. The largest absolute Gasteiger partial charge is 0.350 e. The van der Waals surface area contributed by atoms with Crippen LogP contribution in [0.25, 0.3) is 0 Å². The van der Waals surface area contributed by atoms with Gasteiger partial charge in [0.1, 0.15) is 0 Å². The van der Waals surface area contributed by atoms with E-state index in [1.807, 2.05) is 6.92 Å². The Morgan fingerprint density at radius 2 is 2.20 bits per heavy atom. The van der Waals surface area contributed by atoms with Crippen molar-refractivity contribution in [2.24, 2.45) is 0 Å². The summed E-state index contributed by atoms with van der Waals surface area (Å²) < 4.78 is 4.83. The van der Waals surface area contributed by atoms with E-state index in [1.165, 1.54) is 12.7 Å². The third-order valence-corrected chi connectivity index (χ3v) is 1.72. The number of rotatable bonds is 3. The number of hydrogen-bond donors (Lipinski definition) is 1. The van der Waals surface area contributed by atoms with Crippen LogP contribution in [-0.2, 0) is 9.62 Å². The van der Waals surface area contributed by atoms with Gasteiger partial charge in [-0.25, -0.2) is 10.1 Å². The lowest BCUT2D eigenvalue weighted by Crippen LogP contribution is -2.14. The maximum Gasteiger partial charge on any atom is 0.212 e. The Labute approximate surface area is 60.2 Å². The van der Waals surface area contributed by atoms with Crippen LogP contribution in [0.3, 0.4) is 0 Å². The number of methoxy groups -OCH3 is 1. The molecule has 0 heterocycles. The topological polar surface area (TPSA) is 38.7 Å². The van der Waals surface area contributed by atoms with Crippen molar-refractivity contribution in [3.05, 3.63) is 11.1 Å². The molecule has 0 spiro atoms. The van der Waals surface area contributed by atoms with E-state index < -0.39 is 6.29 Å². The minimum absolute atomic E-state index is 0.558. The van der Waals surface area contributed by atoms with Crippen LogP contribution in [-0.4, -0.2) is 18.7 Å². The predicted octanol–water partition coefficient (Wildman–Crippen LogP) is 1.56. The van der Waals surface area contributed by atoms with Gasteiger partial charge in [-0.1, -0.05) is 5.57 Å². The van der Waals surface area contributed by atoms with Crippen molar-refractivity contribution in [1.82, 2.24) is 0 Å². The average Bonchev–Trinajstić information content (AvgIpc) is 2.71. The van der Waals surface area contributed by atoms with Crippen molar-refractivity contribution in [1.29, 1.82) is 0 Å². The molecule has 58 valence electrons. The molecule has 0 aromatic carbocycles. The summed E-state index contributed by atoms with van der Waals surface area (Å²) in [4.78, 5) is 4.08. The molecule has 1 fully saturated rings. The predicted molar refractivity (Wildman–Crippen MR) is 36.4 cm³/mol. The molecule has 0 aromatic heterocycles. The molecule has 1 aliphatic rings. The van der Waals surface area contributed by atoms with E-state index in [0.29, 0.717) is 0 Å². The molecule has 1 unspecified atom stereocenters. The van der Waals surface area contributed by atoms with Crippen LogP contribution >= 0.6 is 0 Å². The second-order valence-corrected chi connectivity index (χ2v) is 2.46. The Kier molecular flexibility index (Phi) is 2.43. The van der Waals surface area contributed by atoms with Gasteiger partial charge in [-0.05, 0) is 25.3 Å². The first-order valence-electron chi connectivity index (χ1n) is 3.31. The highest BCUT2D eigenvalue weighted by molar-refractivity contribution is 5.25. The van der Waals surface area contributed by atoms with Gasteiger partial charge in [-0.2, -0.15) is 0 Å². The molecule has 0 saturated heterocycles. The van der Waals surface area contributed by atoms with Crippen LogP contribution in [0.1, 0.15) is 19.8 Å². The van der Waals surface area contributed by atoms with Crippen molar-refractivity contribution in [3.8, 4) is 0 Å². The smallest absolute Gasteiger partial charge is 0.212 e. The molecule has 10 heavy (non-hydrogen) atoms. The number of hydrogen-bond acceptors (Lipinski definition) is 3. The summed E-state index contributed by atoms with van der Waals surface area (Å²) in [6, 6.07) is 0. The zero-order valence-electron chi connectivity index (χ0n) is 6.26. The summed E-state index contributed by atoms with van der Waals surface area (Å²) in [6.45, 7) is 1.91. The van der Waals surface area contributed by atoms with Crippen molar-refractivity contribution in [2.45, 2.75) is 26.1 Å². The molecule has 0 aromatic rings. The highest BCUT2D eigenvalue weighted by atomic mass is 17.1. The molecule has 1 saturated carbocycles. The van der Waals surface area contributed by atoms with E-state index in [-0.39, 0.29) is 0 Å². The fourth-order valence-corrected chi connectivity index (χ4v) is 0.922. The Morgan fingerprint density at radius 3 is 2.50 bits per heavy atom. The zero-order valence-corrected chi connectivity index (χ0v) is 6.26. The van der Waals surface area contributed by atoms with E-state index in [1.54, 1.807) is 0 Å². The first-order valence-corrected chi connectivity index (χ1v) is 3.31. The fourth-order valence-electron chi connectivity index (χ4n) is 0.922. The molecule has 0 bridgehead atoms. The van der Waals surface area contributed by atoms with Crippen LogP contribution in [0.4, 0.5) is 0 Å². The van der Waals surface area contributed by atoms with Gasteiger partial charge in [0.15, 0.2) is 0 Å². The molecule has 1 atom stereocenters. The molecule has 3 heteroatoms. The summed E-state index contributed by atoms with van der Waals surface area (Å²) in [7, 11) is 1.51. The molecule has 0 aliphatic heterocycles. The summed E-state index contributed by atoms with van der Waals surface area (Å²) in [5.74, 6) is 0. The van der Waals surface area contributed by atoms with Crippen molar-refractivity contribution < 1.29 is 14.9 Å². The van der Waals surface area contributed by atoms with Crippen molar-refractivity contribution in [2.75, 3.05) is 7.11 Å². The van der Waals surface area contributed by atoms with Gasteiger partial charge in [0.25, 0.3) is 0 Å². The van der Waals surface area contributed by atoms with Crippen LogP contribution in [0.15, 0.2) is 11.1 Å². The van der Waals surface area contributed by atoms with Gasteiger partial charge < -0.3 is 4.74 Å². The SMILES string of the molecule is COC(OO)C(C)=C1CC1. The third kappa shape index (κ3) is 1.56. The second kappa shape index (κ2) is 3.14. The Hall–Kier alpha value is -0.380. The lowest BCUT2D eigenvalue weighted by molar-refractivity contribution is -0.327. The van der Waals surface area contributed by atoms with Crippen LogP contribution in [0, 0.1) is 0 Å². The van der Waals surface area contributed by atoms with E-state index >= 15 is 0 Å². The summed E-state index contributed by atoms with van der Waals surface area (Å²) in [6.07, 6.45) is 1.68. The normalized spacial score (nSPS) is 18.9. The van der Waals surface area contributed by atoms with Crippen molar-refractivity contribution in [3.63, 3.8) is 0 Å². The average molecular weight is 144 g/mol. The minimum Gasteiger partial charge on any atom is -0.350 e. The number of allylic oxidation sites excluding steroid dienone is 1.